The standard InChI is InChI=1S/C16H27NO3/c1-13-4-6-16(7-5-13)20-12-14(18)11-17-9-8-15-3-2-10-19-15/h2-3,10,13-14,16-18H,4-9,11-12H2,1H3. The molecule has 1 fully saturated rings. The molecule has 1 aromatic heterocycles. The molecule has 4 nitrogen and oxygen atoms in total. The zero-order valence-electron chi connectivity index (χ0n) is 12.4. The van der Waals surface area contributed by atoms with Gasteiger partial charge in [-0.3, -0.25) is 0 Å². The maximum atomic E-state index is 9.88. The lowest BCUT2D eigenvalue weighted by Crippen LogP contribution is -2.33. The van der Waals surface area contributed by atoms with Gasteiger partial charge in [-0.15, -0.1) is 0 Å². The minimum Gasteiger partial charge on any atom is -0.469 e. The minimum atomic E-state index is -0.425. The second-order valence-electron chi connectivity index (χ2n) is 5.90. The van der Waals surface area contributed by atoms with Crippen LogP contribution in [0, 0.1) is 5.92 Å². The molecule has 1 aromatic rings. The molecule has 0 aromatic carbocycles. The first-order chi connectivity index (χ1) is 9.74. The Kier molecular flexibility index (Phi) is 6.57. The zero-order chi connectivity index (χ0) is 14.2. The van der Waals surface area contributed by atoms with E-state index in [0.29, 0.717) is 19.3 Å². The maximum Gasteiger partial charge on any atom is 0.105 e. The fourth-order valence-electron chi connectivity index (χ4n) is 2.64. The van der Waals surface area contributed by atoms with Crippen LogP contribution in [-0.2, 0) is 11.2 Å². The smallest absolute Gasteiger partial charge is 0.105 e. The van der Waals surface area contributed by atoms with E-state index in [0.717, 1.165) is 37.5 Å². The Morgan fingerprint density at radius 3 is 2.90 bits per heavy atom. The predicted octanol–water partition coefficient (Wildman–Crippen LogP) is 2.37. The molecule has 1 saturated carbocycles. The Balaban J connectivity index is 1.49. The highest BCUT2D eigenvalue weighted by atomic mass is 16.5. The highest BCUT2D eigenvalue weighted by Gasteiger charge is 2.19. The summed E-state index contributed by atoms with van der Waals surface area (Å²) < 4.78 is 11.0. The van der Waals surface area contributed by atoms with E-state index in [1.165, 1.54) is 12.8 Å². The van der Waals surface area contributed by atoms with Gasteiger partial charge in [0.05, 0.1) is 25.1 Å². The summed E-state index contributed by atoms with van der Waals surface area (Å²) in [7, 11) is 0. The lowest BCUT2D eigenvalue weighted by Gasteiger charge is -2.27. The molecule has 1 heterocycles. The third-order valence-electron chi connectivity index (χ3n) is 4.00. The maximum absolute atomic E-state index is 9.88. The second-order valence-corrected chi connectivity index (χ2v) is 5.90. The lowest BCUT2D eigenvalue weighted by atomic mass is 9.89. The van der Waals surface area contributed by atoms with Crippen molar-refractivity contribution in [3.05, 3.63) is 24.2 Å². The Morgan fingerprint density at radius 2 is 2.20 bits per heavy atom. The fraction of sp³-hybridized carbons (Fsp3) is 0.750. The molecule has 2 rings (SSSR count). The summed E-state index contributed by atoms with van der Waals surface area (Å²) in [6.45, 7) is 4.12. The molecular formula is C16H27NO3. The molecule has 1 atom stereocenters. The molecule has 114 valence electrons. The monoisotopic (exact) mass is 281 g/mol. The molecule has 0 radical (unpaired) electrons. The van der Waals surface area contributed by atoms with E-state index < -0.39 is 6.10 Å². The first-order valence-corrected chi connectivity index (χ1v) is 7.77. The van der Waals surface area contributed by atoms with E-state index in [4.69, 9.17) is 9.15 Å². The largest absolute Gasteiger partial charge is 0.469 e. The number of nitrogens with one attached hydrogen (secondary N) is 1. The average Bonchev–Trinajstić information content (AvgIpc) is 2.96. The van der Waals surface area contributed by atoms with E-state index >= 15 is 0 Å². The van der Waals surface area contributed by atoms with Crippen molar-refractivity contribution in [2.45, 2.75) is 51.2 Å². The van der Waals surface area contributed by atoms with Crippen LogP contribution in [-0.4, -0.2) is 37.0 Å². The fourth-order valence-corrected chi connectivity index (χ4v) is 2.64. The Bertz CT molecular complexity index is 345. The van der Waals surface area contributed by atoms with Crippen molar-refractivity contribution >= 4 is 0 Å². The molecule has 0 aliphatic heterocycles. The predicted molar refractivity (Wildman–Crippen MR) is 78.7 cm³/mol. The van der Waals surface area contributed by atoms with Crippen LogP contribution in [0.15, 0.2) is 22.8 Å². The van der Waals surface area contributed by atoms with Gasteiger partial charge in [-0.2, -0.15) is 0 Å². The van der Waals surface area contributed by atoms with Crippen LogP contribution in [0.2, 0.25) is 0 Å². The van der Waals surface area contributed by atoms with Crippen molar-refractivity contribution in [1.29, 1.82) is 0 Å². The number of aliphatic hydroxyl groups is 1. The number of aliphatic hydroxyl groups excluding tert-OH is 1. The lowest BCUT2D eigenvalue weighted by molar-refractivity contribution is -0.0277. The van der Waals surface area contributed by atoms with Crippen LogP contribution in [0.5, 0.6) is 0 Å². The van der Waals surface area contributed by atoms with Gasteiger partial charge in [0.25, 0.3) is 0 Å². The van der Waals surface area contributed by atoms with Crippen molar-refractivity contribution in [1.82, 2.24) is 5.32 Å². The highest BCUT2D eigenvalue weighted by molar-refractivity contribution is 4.98. The van der Waals surface area contributed by atoms with Gasteiger partial charge in [-0.25, -0.2) is 0 Å². The van der Waals surface area contributed by atoms with E-state index in [-0.39, 0.29) is 0 Å². The average molecular weight is 281 g/mol. The summed E-state index contributed by atoms with van der Waals surface area (Å²) in [5.41, 5.74) is 0. The topological polar surface area (TPSA) is 54.6 Å². The number of rotatable bonds is 8. The van der Waals surface area contributed by atoms with Crippen LogP contribution in [0.1, 0.15) is 38.4 Å². The first-order valence-electron chi connectivity index (χ1n) is 7.77. The van der Waals surface area contributed by atoms with E-state index in [9.17, 15) is 5.11 Å². The summed E-state index contributed by atoms with van der Waals surface area (Å²) in [5, 5.41) is 13.1. The molecule has 0 spiro atoms. The van der Waals surface area contributed by atoms with Crippen LogP contribution in [0.4, 0.5) is 0 Å². The van der Waals surface area contributed by atoms with Gasteiger partial charge in [0.2, 0.25) is 0 Å². The molecular weight excluding hydrogens is 254 g/mol. The van der Waals surface area contributed by atoms with Crippen LogP contribution < -0.4 is 5.32 Å². The number of furan rings is 1. The molecule has 1 aliphatic rings. The molecule has 20 heavy (non-hydrogen) atoms. The summed E-state index contributed by atoms with van der Waals surface area (Å²) in [6, 6.07) is 3.86. The van der Waals surface area contributed by atoms with Crippen LogP contribution in [0.3, 0.4) is 0 Å². The summed E-state index contributed by atoms with van der Waals surface area (Å²) in [6.07, 6.45) is 7.24. The number of ether oxygens (including phenoxy) is 1. The van der Waals surface area contributed by atoms with E-state index in [1.54, 1.807) is 6.26 Å². The zero-order valence-corrected chi connectivity index (χ0v) is 12.4. The third kappa shape index (κ3) is 5.65. The Labute approximate surface area is 121 Å². The minimum absolute atomic E-state index is 0.351. The van der Waals surface area contributed by atoms with E-state index in [1.807, 2.05) is 12.1 Å². The number of hydrogen-bond acceptors (Lipinski definition) is 4. The van der Waals surface area contributed by atoms with Crippen LogP contribution in [0.25, 0.3) is 0 Å². The van der Waals surface area contributed by atoms with Crippen molar-refractivity contribution in [3.63, 3.8) is 0 Å². The normalized spacial score (nSPS) is 24.7. The summed E-state index contributed by atoms with van der Waals surface area (Å²) in [4.78, 5) is 0. The van der Waals surface area contributed by atoms with Gasteiger partial charge in [-0.05, 0) is 43.7 Å². The summed E-state index contributed by atoms with van der Waals surface area (Å²) in [5.74, 6) is 1.81. The first kappa shape index (κ1) is 15.5. The van der Waals surface area contributed by atoms with Crippen molar-refractivity contribution < 1.29 is 14.3 Å². The third-order valence-corrected chi connectivity index (χ3v) is 4.00. The van der Waals surface area contributed by atoms with Gasteiger partial charge in [0.15, 0.2) is 0 Å². The van der Waals surface area contributed by atoms with Crippen molar-refractivity contribution in [2.75, 3.05) is 19.7 Å². The molecule has 0 amide bonds. The van der Waals surface area contributed by atoms with Gasteiger partial charge in [0, 0.05) is 19.5 Å². The second kappa shape index (κ2) is 8.45. The quantitative estimate of drug-likeness (QED) is 0.718. The Morgan fingerprint density at radius 1 is 1.40 bits per heavy atom. The Hall–Kier alpha value is -0.840. The van der Waals surface area contributed by atoms with Gasteiger partial charge in [0.1, 0.15) is 5.76 Å². The molecule has 1 unspecified atom stereocenters. The SMILES string of the molecule is CC1CCC(OCC(O)CNCCc2ccco2)CC1. The highest BCUT2D eigenvalue weighted by Crippen LogP contribution is 2.25. The van der Waals surface area contributed by atoms with Gasteiger partial charge in [-0.1, -0.05) is 6.92 Å². The molecule has 2 N–H and O–H groups in total. The number of hydrogen-bond donors (Lipinski definition) is 2. The molecule has 1 aliphatic carbocycles. The molecule has 4 heteroatoms. The summed E-state index contributed by atoms with van der Waals surface area (Å²) >= 11 is 0. The van der Waals surface area contributed by atoms with E-state index in [2.05, 4.69) is 12.2 Å². The van der Waals surface area contributed by atoms with Crippen LogP contribution >= 0.6 is 0 Å². The van der Waals surface area contributed by atoms with Gasteiger partial charge >= 0.3 is 0 Å². The van der Waals surface area contributed by atoms with Crippen molar-refractivity contribution in [2.24, 2.45) is 5.92 Å². The van der Waals surface area contributed by atoms with Gasteiger partial charge < -0.3 is 19.6 Å². The molecule has 0 bridgehead atoms. The van der Waals surface area contributed by atoms with Crippen molar-refractivity contribution in [3.8, 4) is 0 Å². The molecule has 0 saturated heterocycles.